The molecule has 186 valence electrons. The second kappa shape index (κ2) is 14.2. The summed E-state index contributed by atoms with van der Waals surface area (Å²) in [7, 11) is 0. The number of carbonyl (C=O) groups is 3. The molecule has 0 aliphatic heterocycles. The predicted molar refractivity (Wildman–Crippen MR) is 140 cm³/mol. The van der Waals surface area contributed by atoms with Crippen LogP contribution in [0.4, 0.5) is 5.69 Å². The monoisotopic (exact) mass is 495 g/mol. The smallest absolute Gasteiger partial charge is 0.306 e. The van der Waals surface area contributed by atoms with Crippen LogP contribution in [0.5, 0.6) is 0 Å². The Morgan fingerprint density at radius 3 is 2.40 bits per heavy atom. The molecule has 8 heteroatoms. The molecule has 0 unspecified atom stereocenters. The second-order valence-electron chi connectivity index (χ2n) is 8.67. The normalized spacial score (nSPS) is 13.5. The van der Waals surface area contributed by atoms with E-state index in [1.54, 1.807) is 24.3 Å². The number of hydrogen-bond acceptors (Lipinski definition) is 5. The first kappa shape index (κ1) is 26.3. The van der Waals surface area contributed by atoms with E-state index >= 15 is 0 Å². The molecule has 3 N–H and O–H groups in total. The molecule has 0 atom stereocenters. The van der Waals surface area contributed by atoms with Crippen LogP contribution >= 0.6 is 12.2 Å². The first-order valence-electron chi connectivity index (χ1n) is 12.2. The van der Waals surface area contributed by atoms with Gasteiger partial charge < -0.3 is 20.7 Å². The number of amides is 2. The largest absolute Gasteiger partial charge is 0.466 e. The van der Waals surface area contributed by atoms with Gasteiger partial charge in [-0.3, -0.25) is 14.4 Å². The van der Waals surface area contributed by atoms with Gasteiger partial charge in [-0.15, -0.1) is 0 Å². The van der Waals surface area contributed by atoms with Crippen molar-refractivity contribution >= 4 is 40.8 Å². The van der Waals surface area contributed by atoms with E-state index in [-0.39, 0.29) is 29.9 Å². The van der Waals surface area contributed by atoms with Crippen molar-refractivity contribution in [1.82, 2.24) is 10.6 Å². The zero-order chi connectivity index (χ0) is 24.9. The Balaban J connectivity index is 1.37. The van der Waals surface area contributed by atoms with E-state index in [9.17, 15) is 14.4 Å². The molecular weight excluding hydrogens is 462 g/mol. The minimum Gasteiger partial charge on any atom is -0.466 e. The van der Waals surface area contributed by atoms with Crippen molar-refractivity contribution in [1.29, 1.82) is 0 Å². The third-order valence-electron chi connectivity index (χ3n) is 5.89. The Bertz CT molecular complexity index is 1010. The SMILES string of the molecule is O=C(CCC(=O)OCCCc1ccccc1)NC(=S)Nc1ccccc1C(=O)NC1CCCCC1. The van der Waals surface area contributed by atoms with Crippen molar-refractivity contribution in [3.05, 3.63) is 65.7 Å². The highest BCUT2D eigenvalue weighted by molar-refractivity contribution is 7.80. The lowest BCUT2D eigenvalue weighted by Gasteiger charge is -2.23. The van der Waals surface area contributed by atoms with Gasteiger partial charge in [0.2, 0.25) is 5.91 Å². The molecular formula is C27H33N3O4S. The Kier molecular flexibility index (Phi) is 10.7. The van der Waals surface area contributed by atoms with Gasteiger partial charge in [-0.1, -0.05) is 61.7 Å². The number of thiocarbonyl (C=S) groups is 1. The Morgan fingerprint density at radius 2 is 1.63 bits per heavy atom. The van der Waals surface area contributed by atoms with Gasteiger partial charge in [-0.25, -0.2) is 0 Å². The number of anilines is 1. The fraction of sp³-hybridized carbons (Fsp3) is 0.407. The highest BCUT2D eigenvalue weighted by Gasteiger charge is 2.19. The van der Waals surface area contributed by atoms with Crippen molar-refractivity contribution in [3.63, 3.8) is 0 Å². The highest BCUT2D eigenvalue weighted by atomic mass is 32.1. The molecule has 0 radical (unpaired) electrons. The van der Waals surface area contributed by atoms with E-state index in [1.807, 2.05) is 30.3 Å². The van der Waals surface area contributed by atoms with Gasteiger partial charge in [-0.2, -0.15) is 0 Å². The van der Waals surface area contributed by atoms with Gasteiger partial charge >= 0.3 is 5.97 Å². The molecule has 2 amide bonds. The van der Waals surface area contributed by atoms with Gasteiger partial charge in [0, 0.05) is 12.5 Å². The number of nitrogens with one attached hydrogen (secondary N) is 3. The Morgan fingerprint density at radius 1 is 0.914 bits per heavy atom. The maximum absolute atomic E-state index is 12.8. The number of para-hydroxylation sites is 1. The van der Waals surface area contributed by atoms with Gasteiger partial charge in [0.15, 0.2) is 5.11 Å². The zero-order valence-corrected chi connectivity index (χ0v) is 20.7. The van der Waals surface area contributed by atoms with Crippen LogP contribution in [0.25, 0.3) is 0 Å². The number of carbonyl (C=O) groups excluding carboxylic acids is 3. The average Bonchev–Trinajstić information content (AvgIpc) is 2.87. The number of hydrogen-bond donors (Lipinski definition) is 3. The second-order valence-corrected chi connectivity index (χ2v) is 9.07. The molecule has 7 nitrogen and oxygen atoms in total. The van der Waals surface area contributed by atoms with Crippen molar-refractivity contribution in [2.24, 2.45) is 0 Å². The summed E-state index contributed by atoms with van der Waals surface area (Å²) in [6.07, 6.45) is 6.94. The summed E-state index contributed by atoms with van der Waals surface area (Å²) >= 11 is 5.24. The molecule has 2 aromatic carbocycles. The van der Waals surface area contributed by atoms with Gasteiger partial charge in [0.1, 0.15) is 0 Å². The summed E-state index contributed by atoms with van der Waals surface area (Å²) < 4.78 is 5.21. The van der Waals surface area contributed by atoms with E-state index in [2.05, 4.69) is 16.0 Å². The standard InChI is InChI=1S/C27H33N3O4S/c31-24(17-18-25(32)34-19-9-12-20-10-3-1-4-11-20)30-27(35)29-23-16-8-7-15-22(23)26(33)28-21-13-5-2-6-14-21/h1,3-4,7-8,10-11,15-16,21H,2,5-6,9,12-14,17-19H2,(H,28,33)(H2,29,30,31,35). The van der Waals surface area contributed by atoms with Crippen molar-refractivity contribution in [3.8, 4) is 0 Å². The van der Waals surface area contributed by atoms with Crippen LogP contribution in [-0.4, -0.2) is 35.5 Å². The molecule has 2 aromatic rings. The van der Waals surface area contributed by atoms with Gasteiger partial charge in [0.25, 0.3) is 5.91 Å². The molecule has 0 spiro atoms. The quantitative estimate of drug-likeness (QED) is 0.255. The van der Waals surface area contributed by atoms with E-state index in [0.717, 1.165) is 38.5 Å². The lowest BCUT2D eigenvalue weighted by molar-refractivity contribution is -0.145. The highest BCUT2D eigenvalue weighted by Crippen LogP contribution is 2.20. The summed E-state index contributed by atoms with van der Waals surface area (Å²) in [6.45, 7) is 0.315. The summed E-state index contributed by atoms with van der Waals surface area (Å²) in [5.74, 6) is -0.978. The van der Waals surface area contributed by atoms with Gasteiger partial charge in [0.05, 0.1) is 24.3 Å². The van der Waals surface area contributed by atoms with E-state index in [1.165, 1.54) is 12.0 Å². The fourth-order valence-corrected chi connectivity index (χ4v) is 4.26. The molecule has 0 bridgehead atoms. The summed E-state index contributed by atoms with van der Waals surface area (Å²) in [5, 5.41) is 8.65. The fourth-order valence-electron chi connectivity index (χ4n) is 4.04. The average molecular weight is 496 g/mol. The first-order chi connectivity index (χ1) is 17.0. The molecule has 0 aromatic heterocycles. The molecule has 1 aliphatic carbocycles. The molecule has 3 rings (SSSR count). The summed E-state index contributed by atoms with van der Waals surface area (Å²) in [6, 6.07) is 17.2. The summed E-state index contributed by atoms with van der Waals surface area (Å²) in [5.41, 5.74) is 2.18. The van der Waals surface area contributed by atoms with Crippen molar-refractivity contribution in [2.75, 3.05) is 11.9 Å². The van der Waals surface area contributed by atoms with E-state index in [0.29, 0.717) is 17.9 Å². The summed E-state index contributed by atoms with van der Waals surface area (Å²) in [4.78, 5) is 36.9. The first-order valence-corrected chi connectivity index (χ1v) is 12.6. The predicted octanol–water partition coefficient (Wildman–Crippen LogP) is 4.52. The van der Waals surface area contributed by atoms with Crippen LogP contribution < -0.4 is 16.0 Å². The van der Waals surface area contributed by atoms with Crippen molar-refractivity contribution in [2.45, 2.75) is 63.8 Å². The van der Waals surface area contributed by atoms with Crippen LogP contribution in [0.3, 0.4) is 0 Å². The number of rotatable bonds is 10. The maximum atomic E-state index is 12.8. The van der Waals surface area contributed by atoms with Crippen LogP contribution in [0.1, 0.15) is 67.3 Å². The van der Waals surface area contributed by atoms with Gasteiger partial charge in [-0.05, 0) is 55.6 Å². The third kappa shape index (κ3) is 9.48. The number of benzene rings is 2. The molecule has 1 aliphatic rings. The lowest BCUT2D eigenvalue weighted by atomic mass is 9.95. The number of aryl methyl sites for hydroxylation is 1. The minimum atomic E-state index is -0.420. The maximum Gasteiger partial charge on any atom is 0.306 e. The molecule has 0 saturated heterocycles. The van der Waals surface area contributed by atoms with Crippen LogP contribution in [0.15, 0.2) is 54.6 Å². The van der Waals surface area contributed by atoms with E-state index < -0.39 is 11.9 Å². The van der Waals surface area contributed by atoms with Crippen LogP contribution in [-0.2, 0) is 20.7 Å². The Hall–Kier alpha value is -3.26. The zero-order valence-electron chi connectivity index (χ0n) is 19.9. The third-order valence-corrected chi connectivity index (χ3v) is 6.09. The topological polar surface area (TPSA) is 96.5 Å². The molecule has 0 heterocycles. The molecule has 1 fully saturated rings. The Labute approximate surface area is 212 Å². The lowest BCUT2D eigenvalue weighted by Crippen LogP contribution is -2.37. The number of ether oxygens (including phenoxy) is 1. The number of esters is 1. The molecule has 35 heavy (non-hydrogen) atoms. The minimum absolute atomic E-state index is 0.0276. The molecule has 1 saturated carbocycles. The van der Waals surface area contributed by atoms with Crippen LogP contribution in [0.2, 0.25) is 0 Å². The van der Waals surface area contributed by atoms with E-state index in [4.69, 9.17) is 17.0 Å². The van der Waals surface area contributed by atoms with Crippen LogP contribution in [0, 0.1) is 0 Å². The van der Waals surface area contributed by atoms with Crippen molar-refractivity contribution < 1.29 is 19.1 Å².